The zero-order valence-electron chi connectivity index (χ0n) is 14.6. The Labute approximate surface area is 155 Å². The third-order valence-electron chi connectivity index (χ3n) is 4.31. The molecule has 0 atom stereocenters. The van der Waals surface area contributed by atoms with Gasteiger partial charge in [0.05, 0.1) is 16.8 Å². The Morgan fingerprint density at radius 2 is 1.85 bits per heavy atom. The Balaban J connectivity index is 1.79. The van der Waals surface area contributed by atoms with E-state index in [2.05, 4.69) is 29.3 Å². The van der Waals surface area contributed by atoms with E-state index in [4.69, 9.17) is 4.74 Å². The largest absolute Gasteiger partial charge is 0.494 e. The van der Waals surface area contributed by atoms with E-state index in [9.17, 15) is 4.79 Å². The highest BCUT2D eigenvalue weighted by Crippen LogP contribution is 2.27. The monoisotopic (exact) mass is 362 g/mol. The van der Waals surface area contributed by atoms with Crippen molar-refractivity contribution in [3.8, 4) is 5.75 Å². The van der Waals surface area contributed by atoms with Crippen LogP contribution in [0.3, 0.4) is 0 Å². The second-order valence-corrected chi connectivity index (χ2v) is 6.93. The van der Waals surface area contributed by atoms with Gasteiger partial charge in [-0.15, -0.1) is 0 Å². The van der Waals surface area contributed by atoms with Gasteiger partial charge in [0.1, 0.15) is 5.75 Å². The molecular weight excluding hydrogens is 344 g/mol. The van der Waals surface area contributed by atoms with Crippen molar-refractivity contribution in [2.45, 2.75) is 6.92 Å². The van der Waals surface area contributed by atoms with Gasteiger partial charge in [0.15, 0.2) is 4.80 Å². The Kier molecular flexibility index (Phi) is 4.31. The van der Waals surface area contributed by atoms with Crippen molar-refractivity contribution in [1.29, 1.82) is 0 Å². The molecule has 0 unspecified atom stereocenters. The van der Waals surface area contributed by atoms with Gasteiger partial charge >= 0.3 is 0 Å². The smallest absolute Gasteiger partial charge is 0.279 e. The molecule has 26 heavy (non-hydrogen) atoms. The highest BCUT2D eigenvalue weighted by molar-refractivity contribution is 7.17. The molecule has 0 spiro atoms. The average molecular weight is 362 g/mol. The molecule has 0 radical (unpaired) electrons. The first kappa shape index (κ1) is 16.5. The number of amides is 1. The number of thiazole rings is 1. The number of rotatable bonds is 3. The van der Waals surface area contributed by atoms with Gasteiger partial charge in [-0.3, -0.25) is 4.79 Å². The number of hydrogen-bond donors (Lipinski definition) is 0. The van der Waals surface area contributed by atoms with E-state index >= 15 is 0 Å². The van der Waals surface area contributed by atoms with Gasteiger partial charge in [0.2, 0.25) is 0 Å². The fourth-order valence-electron chi connectivity index (χ4n) is 2.98. The Morgan fingerprint density at radius 1 is 1.08 bits per heavy atom. The lowest BCUT2D eigenvalue weighted by molar-refractivity contribution is 0.0998. The molecule has 4 nitrogen and oxygen atoms in total. The van der Waals surface area contributed by atoms with Crippen LogP contribution >= 0.6 is 11.3 Å². The van der Waals surface area contributed by atoms with E-state index < -0.39 is 0 Å². The summed E-state index contributed by atoms with van der Waals surface area (Å²) < 4.78 is 8.53. The van der Waals surface area contributed by atoms with Crippen LogP contribution in [0, 0.1) is 0 Å². The Bertz CT molecular complexity index is 1170. The number of hydrogen-bond acceptors (Lipinski definition) is 3. The van der Waals surface area contributed by atoms with Gasteiger partial charge < -0.3 is 9.30 Å². The summed E-state index contributed by atoms with van der Waals surface area (Å²) in [5.74, 6) is 0.502. The number of carbonyl (C=O) groups is 1. The van der Waals surface area contributed by atoms with Crippen molar-refractivity contribution in [2.75, 3.05) is 6.61 Å². The topological polar surface area (TPSA) is 43.6 Å². The zero-order chi connectivity index (χ0) is 18.1. The van der Waals surface area contributed by atoms with Crippen molar-refractivity contribution < 1.29 is 9.53 Å². The van der Waals surface area contributed by atoms with E-state index in [1.807, 2.05) is 30.7 Å². The summed E-state index contributed by atoms with van der Waals surface area (Å²) in [5, 5.41) is 2.37. The summed E-state index contributed by atoms with van der Waals surface area (Å²) in [4.78, 5) is 17.6. The number of aromatic nitrogens is 1. The average Bonchev–Trinajstić information content (AvgIpc) is 2.99. The molecule has 5 heteroatoms. The molecule has 3 aromatic carbocycles. The first-order chi connectivity index (χ1) is 12.7. The van der Waals surface area contributed by atoms with Crippen molar-refractivity contribution in [3.05, 3.63) is 71.0 Å². The van der Waals surface area contributed by atoms with Crippen LogP contribution in [0.4, 0.5) is 0 Å². The molecule has 130 valence electrons. The third-order valence-corrected chi connectivity index (χ3v) is 5.49. The second-order valence-electron chi connectivity index (χ2n) is 5.95. The second kappa shape index (κ2) is 6.77. The van der Waals surface area contributed by atoms with Crippen LogP contribution in [0.5, 0.6) is 5.75 Å². The van der Waals surface area contributed by atoms with Crippen molar-refractivity contribution in [1.82, 2.24) is 4.57 Å². The SMILES string of the molecule is CCOc1ccc(C(=O)N=c2sc3c4ccccc4ccc3n2C)cc1. The van der Waals surface area contributed by atoms with E-state index in [1.165, 1.54) is 22.1 Å². The minimum absolute atomic E-state index is 0.250. The van der Waals surface area contributed by atoms with Gasteiger partial charge in [-0.2, -0.15) is 4.99 Å². The summed E-state index contributed by atoms with van der Waals surface area (Å²) in [6.07, 6.45) is 0. The minimum atomic E-state index is -0.250. The fourth-order valence-corrected chi connectivity index (χ4v) is 4.13. The molecule has 0 saturated heterocycles. The maximum atomic E-state index is 12.6. The summed E-state index contributed by atoms with van der Waals surface area (Å²) in [6.45, 7) is 2.53. The van der Waals surface area contributed by atoms with Gasteiger partial charge in [-0.1, -0.05) is 41.7 Å². The number of benzene rings is 3. The van der Waals surface area contributed by atoms with Gasteiger partial charge in [-0.25, -0.2) is 0 Å². The number of carbonyl (C=O) groups excluding carboxylic acids is 1. The molecule has 4 aromatic rings. The lowest BCUT2D eigenvalue weighted by Gasteiger charge is -2.02. The van der Waals surface area contributed by atoms with Crippen LogP contribution in [-0.4, -0.2) is 17.1 Å². The molecule has 0 N–H and O–H groups in total. The highest BCUT2D eigenvalue weighted by Gasteiger charge is 2.09. The molecule has 4 rings (SSSR count). The number of aryl methyl sites for hydroxylation is 1. The minimum Gasteiger partial charge on any atom is -0.494 e. The number of ether oxygens (including phenoxy) is 1. The molecule has 0 saturated carbocycles. The van der Waals surface area contributed by atoms with Crippen molar-refractivity contribution in [3.63, 3.8) is 0 Å². The summed E-state index contributed by atoms with van der Waals surface area (Å²) in [5.41, 5.74) is 1.63. The van der Waals surface area contributed by atoms with E-state index in [-0.39, 0.29) is 5.91 Å². The molecule has 0 aliphatic rings. The first-order valence-corrected chi connectivity index (χ1v) is 9.28. The van der Waals surface area contributed by atoms with Crippen LogP contribution in [0.1, 0.15) is 17.3 Å². The summed E-state index contributed by atoms with van der Waals surface area (Å²) in [6, 6.07) is 19.5. The summed E-state index contributed by atoms with van der Waals surface area (Å²) in [7, 11) is 1.94. The third kappa shape index (κ3) is 2.91. The number of nitrogens with zero attached hydrogens (tertiary/aromatic N) is 2. The van der Waals surface area contributed by atoms with Crippen LogP contribution in [0.2, 0.25) is 0 Å². The standard InChI is InChI=1S/C21H18N2O2S/c1-3-25-16-11-8-15(9-12-16)20(24)22-21-23(2)18-13-10-14-6-4-5-7-17(14)19(18)26-21/h4-13H,3H2,1-2H3. The molecule has 0 aliphatic carbocycles. The normalized spacial score (nSPS) is 12.0. The van der Waals surface area contributed by atoms with E-state index in [0.29, 0.717) is 17.0 Å². The van der Waals surface area contributed by atoms with Crippen molar-refractivity contribution >= 4 is 38.2 Å². The van der Waals surface area contributed by atoms with E-state index in [0.717, 1.165) is 16.0 Å². The summed E-state index contributed by atoms with van der Waals surface area (Å²) >= 11 is 1.54. The predicted molar refractivity (Wildman–Crippen MR) is 106 cm³/mol. The number of fused-ring (bicyclic) bond motifs is 3. The lowest BCUT2D eigenvalue weighted by atomic mass is 10.1. The maximum Gasteiger partial charge on any atom is 0.279 e. The molecule has 1 aromatic heterocycles. The van der Waals surface area contributed by atoms with Crippen LogP contribution in [-0.2, 0) is 7.05 Å². The van der Waals surface area contributed by atoms with Crippen molar-refractivity contribution in [2.24, 2.45) is 12.0 Å². The fraction of sp³-hybridized carbons (Fsp3) is 0.143. The lowest BCUT2D eigenvalue weighted by Crippen LogP contribution is -2.13. The van der Waals surface area contributed by atoms with E-state index in [1.54, 1.807) is 24.3 Å². The molecule has 1 amide bonds. The Morgan fingerprint density at radius 3 is 2.62 bits per heavy atom. The molecule has 0 bridgehead atoms. The van der Waals surface area contributed by atoms with Gasteiger partial charge in [-0.05, 0) is 42.6 Å². The molecule has 0 aliphatic heterocycles. The van der Waals surface area contributed by atoms with Gasteiger partial charge in [0, 0.05) is 18.0 Å². The first-order valence-electron chi connectivity index (χ1n) is 8.46. The predicted octanol–water partition coefficient (Wildman–Crippen LogP) is 4.53. The molecule has 0 fully saturated rings. The molecule has 1 heterocycles. The van der Waals surface area contributed by atoms with Crippen LogP contribution in [0.25, 0.3) is 21.0 Å². The molecular formula is C21H18N2O2S. The van der Waals surface area contributed by atoms with Crippen LogP contribution < -0.4 is 9.54 Å². The zero-order valence-corrected chi connectivity index (χ0v) is 15.4. The van der Waals surface area contributed by atoms with Gasteiger partial charge in [0.25, 0.3) is 5.91 Å². The quantitative estimate of drug-likeness (QED) is 0.537. The Hall–Kier alpha value is -2.92. The maximum absolute atomic E-state index is 12.6. The highest BCUT2D eigenvalue weighted by atomic mass is 32.1. The van der Waals surface area contributed by atoms with Crippen LogP contribution in [0.15, 0.2) is 65.7 Å².